The molecule has 0 bridgehead atoms. The Hall–Kier alpha value is -1.84. The summed E-state index contributed by atoms with van der Waals surface area (Å²) >= 11 is 0. The quantitative estimate of drug-likeness (QED) is 0.501. The predicted octanol–water partition coefficient (Wildman–Crippen LogP) is 4.61. The Morgan fingerprint density at radius 2 is 1.67 bits per heavy atom. The van der Waals surface area contributed by atoms with E-state index in [9.17, 15) is 14.7 Å². The van der Waals surface area contributed by atoms with Gasteiger partial charge in [0.25, 0.3) is 0 Å². The molecule has 0 amide bonds. The Kier molecular flexibility index (Phi) is 8.51. The first-order valence-electron chi connectivity index (χ1n) is 8.76. The zero-order valence-electron chi connectivity index (χ0n) is 15.1. The summed E-state index contributed by atoms with van der Waals surface area (Å²) in [6.07, 6.45) is 5.54. The van der Waals surface area contributed by atoms with E-state index in [2.05, 4.69) is 12.1 Å². The lowest BCUT2D eigenvalue weighted by atomic mass is 9.97. The third kappa shape index (κ3) is 9.33. The van der Waals surface area contributed by atoms with Gasteiger partial charge in [-0.15, -0.1) is 0 Å². The molecular formula is C20H30O4. The lowest BCUT2D eigenvalue weighted by molar-refractivity contribution is -0.160. The number of carbonyl (C=O) groups is 2. The van der Waals surface area contributed by atoms with E-state index < -0.39 is 23.5 Å². The highest BCUT2D eigenvalue weighted by atomic mass is 16.6. The average molecular weight is 334 g/mol. The molecule has 0 heterocycles. The predicted molar refractivity (Wildman–Crippen MR) is 94.8 cm³/mol. The van der Waals surface area contributed by atoms with Crippen molar-refractivity contribution in [3.05, 3.63) is 35.9 Å². The van der Waals surface area contributed by atoms with E-state index in [1.54, 1.807) is 20.8 Å². The highest BCUT2D eigenvalue weighted by molar-refractivity contribution is 5.78. The standard InChI is InChI=1S/C20H30O4/c1-20(2,3)24-18(21)15-17(19(22)23)14-10-5-4-7-11-16-12-8-6-9-13-16/h6,8-9,12-13,17H,4-5,7,10-11,14-15H2,1-3H3,(H,22,23)/t17-/m0/s1. The van der Waals surface area contributed by atoms with Crippen LogP contribution in [0.2, 0.25) is 0 Å². The first-order valence-corrected chi connectivity index (χ1v) is 8.76. The number of aryl methyl sites for hydroxylation is 1. The second-order valence-corrected chi connectivity index (χ2v) is 7.26. The van der Waals surface area contributed by atoms with Gasteiger partial charge in [-0.3, -0.25) is 9.59 Å². The molecule has 0 aliphatic heterocycles. The third-order valence-corrected chi connectivity index (χ3v) is 3.79. The van der Waals surface area contributed by atoms with Crippen molar-refractivity contribution in [1.82, 2.24) is 0 Å². The van der Waals surface area contributed by atoms with Crippen molar-refractivity contribution in [3.8, 4) is 0 Å². The van der Waals surface area contributed by atoms with Crippen molar-refractivity contribution >= 4 is 11.9 Å². The van der Waals surface area contributed by atoms with Gasteiger partial charge < -0.3 is 9.84 Å². The Bertz CT molecular complexity index is 502. The van der Waals surface area contributed by atoms with E-state index in [1.807, 2.05) is 18.2 Å². The highest BCUT2D eigenvalue weighted by Gasteiger charge is 2.24. The van der Waals surface area contributed by atoms with Gasteiger partial charge in [0.05, 0.1) is 12.3 Å². The Labute approximate surface area is 145 Å². The number of hydrogen-bond acceptors (Lipinski definition) is 3. The fourth-order valence-corrected chi connectivity index (χ4v) is 2.62. The van der Waals surface area contributed by atoms with E-state index >= 15 is 0 Å². The summed E-state index contributed by atoms with van der Waals surface area (Å²) in [4.78, 5) is 23.1. The van der Waals surface area contributed by atoms with Crippen LogP contribution in [0.4, 0.5) is 0 Å². The Morgan fingerprint density at radius 3 is 2.25 bits per heavy atom. The van der Waals surface area contributed by atoms with Crippen molar-refractivity contribution in [2.24, 2.45) is 5.92 Å². The molecule has 1 rings (SSSR count). The molecule has 0 radical (unpaired) electrons. The van der Waals surface area contributed by atoms with Crippen LogP contribution < -0.4 is 0 Å². The topological polar surface area (TPSA) is 63.6 Å². The summed E-state index contributed by atoms with van der Waals surface area (Å²) in [7, 11) is 0. The number of carbonyl (C=O) groups excluding carboxylic acids is 1. The minimum Gasteiger partial charge on any atom is -0.481 e. The zero-order chi connectivity index (χ0) is 18.0. The smallest absolute Gasteiger partial charge is 0.307 e. The summed E-state index contributed by atoms with van der Waals surface area (Å²) in [6, 6.07) is 10.4. The van der Waals surface area contributed by atoms with Crippen LogP contribution in [0.15, 0.2) is 30.3 Å². The van der Waals surface area contributed by atoms with Gasteiger partial charge in [-0.25, -0.2) is 0 Å². The largest absolute Gasteiger partial charge is 0.481 e. The van der Waals surface area contributed by atoms with Crippen molar-refractivity contribution < 1.29 is 19.4 Å². The van der Waals surface area contributed by atoms with Crippen LogP contribution in [-0.2, 0) is 20.7 Å². The van der Waals surface area contributed by atoms with Crippen LogP contribution in [0.5, 0.6) is 0 Å². The lowest BCUT2D eigenvalue weighted by Gasteiger charge is -2.21. The van der Waals surface area contributed by atoms with Gasteiger partial charge in [0.15, 0.2) is 0 Å². The maximum Gasteiger partial charge on any atom is 0.307 e. The van der Waals surface area contributed by atoms with Gasteiger partial charge in [-0.05, 0) is 45.6 Å². The summed E-state index contributed by atoms with van der Waals surface area (Å²) in [6.45, 7) is 5.36. The zero-order valence-corrected chi connectivity index (χ0v) is 15.1. The molecule has 24 heavy (non-hydrogen) atoms. The maximum atomic E-state index is 11.8. The summed E-state index contributed by atoms with van der Waals surface area (Å²) in [5, 5.41) is 9.26. The van der Waals surface area contributed by atoms with E-state index in [-0.39, 0.29) is 6.42 Å². The number of ether oxygens (including phenoxy) is 1. The molecule has 0 aromatic heterocycles. The number of carboxylic acid groups (broad SMARTS) is 1. The SMILES string of the molecule is CC(C)(C)OC(=O)C[C@H](CCCCCCc1ccccc1)C(=O)O. The van der Waals surface area contributed by atoms with Crippen LogP contribution in [0, 0.1) is 5.92 Å². The number of benzene rings is 1. The van der Waals surface area contributed by atoms with E-state index in [0.717, 1.165) is 32.1 Å². The number of aliphatic carboxylic acids is 1. The maximum absolute atomic E-state index is 11.8. The van der Waals surface area contributed by atoms with Crippen molar-refractivity contribution in [2.75, 3.05) is 0 Å². The second-order valence-electron chi connectivity index (χ2n) is 7.26. The van der Waals surface area contributed by atoms with Crippen molar-refractivity contribution in [3.63, 3.8) is 0 Å². The molecule has 1 atom stereocenters. The van der Waals surface area contributed by atoms with Gasteiger partial charge in [-0.2, -0.15) is 0 Å². The summed E-state index contributed by atoms with van der Waals surface area (Å²) in [5.41, 5.74) is 0.767. The molecule has 0 saturated carbocycles. The van der Waals surface area contributed by atoms with Crippen molar-refractivity contribution in [2.45, 2.75) is 71.3 Å². The average Bonchev–Trinajstić information content (AvgIpc) is 2.48. The molecule has 0 fully saturated rings. The second kappa shape index (κ2) is 10.1. The molecule has 1 aromatic rings. The Morgan fingerprint density at radius 1 is 1.04 bits per heavy atom. The normalized spacial score (nSPS) is 12.6. The first kappa shape index (κ1) is 20.2. The molecule has 4 nitrogen and oxygen atoms in total. The number of carboxylic acids is 1. The van der Waals surface area contributed by atoms with Gasteiger partial charge in [0.1, 0.15) is 5.60 Å². The minimum absolute atomic E-state index is 0.0450. The van der Waals surface area contributed by atoms with E-state index in [1.165, 1.54) is 5.56 Å². The Balaban J connectivity index is 2.22. The molecule has 1 aromatic carbocycles. The van der Waals surface area contributed by atoms with Gasteiger partial charge >= 0.3 is 11.9 Å². The van der Waals surface area contributed by atoms with E-state index in [4.69, 9.17) is 4.74 Å². The van der Waals surface area contributed by atoms with Gasteiger partial charge in [0, 0.05) is 0 Å². The lowest BCUT2D eigenvalue weighted by Crippen LogP contribution is -2.27. The van der Waals surface area contributed by atoms with E-state index in [0.29, 0.717) is 6.42 Å². The molecule has 1 N–H and O–H groups in total. The fraction of sp³-hybridized carbons (Fsp3) is 0.600. The number of hydrogen-bond donors (Lipinski definition) is 1. The monoisotopic (exact) mass is 334 g/mol. The van der Waals surface area contributed by atoms with Crippen molar-refractivity contribution in [1.29, 1.82) is 0 Å². The number of rotatable bonds is 10. The first-order chi connectivity index (χ1) is 11.3. The molecule has 0 unspecified atom stereocenters. The number of unbranched alkanes of at least 4 members (excludes halogenated alkanes) is 3. The van der Waals surface area contributed by atoms with Crippen LogP contribution in [0.25, 0.3) is 0 Å². The van der Waals surface area contributed by atoms with Crippen LogP contribution in [-0.4, -0.2) is 22.6 Å². The van der Waals surface area contributed by atoms with Gasteiger partial charge in [0.2, 0.25) is 0 Å². The summed E-state index contributed by atoms with van der Waals surface area (Å²) < 4.78 is 5.21. The molecule has 4 heteroatoms. The van der Waals surface area contributed by atoms with Crippen LogP contribution >= 0.6 is 0 Å². The molecular weight excluding hydrogens is 304 g/mol. The minimum atomic E-state index is -0.912. The van der Waals surface area contributed by atoms with Crippen LogP contribution in [0.3, 0.4) is 0 Å². The molecule has 0 aliphatic rings. The van der Waals surface area contributed by atoms with Crippen LogP contribution in [0.1, 0.15) is 64.9 Å². The fourth-order valence-electron chi connectivity index (χ4n) is 2.62. The molecule has 134 valence electrons. The highest BCUT2D eigenvalue weighted by Crippen LogP contribution is 2.18. The van der Waals surface area contributed by atoms with Gasteiger partial charge in [-0.1, -0.05) is 49.6 Å². The molecule has 0 saturated heterocycles. The third-order valence-electron chi connectivity index (χ3n) is 3.79. The number of esters is 1. The molecule has 0 aliphatic carbocycles. The summed E-state index contributed by atoms with van der Waals surface area (Å²) in [5.74, 6) is -1.99. The molecule has 0 spiro atoms.